The Morgan fingerprint density at radius 2 is 1.68 bits per heavy atom. The lowest BCUT2D eigenvalue weighted by Crippen LogP contribution is -2.30. The molecule has 0 saturated heterocycles. The average Bonchev–Trinajstić information content (AvgIpc) is 3.14. The van der Waals surface area contributed by atoms with E-state index in [2.05, 4.69) is 14.6 Å². The number of hydrogen-bond donors (Lipinski definition) is 1. The van der Waals surface area contributed by atoms with Crippen LogP contribution < -0.4 is 9.62 Å². The quantitative estimate of drug-likeness (QED) is 0.270. The molecule has 3 aromatic rings. The number of nitrogens with zero attached hydrogens (tertiary/aromatic N) is 4. The molecule has 0 amide bonds. The Bertz CT molecular complexity index is 1310. The topological polar surface area (TPSA) is 87.0 Å². The first-order valence-electron chi connectivity index (χ1n) is 9.63. The van der Waals surface area contributed by atoms with Gasteiger partial charge in [0.05, 0.1) is 16.0 Å². The lowest BCUT2D eigenvalue weighted by molar-refractivity contribution is -0.137. The SMILES string of the molecule is CCN(CC)c1ccc(N=Nc2nsc3cc(C(F)(F)F)ccc23)c(NS(=O)(=O)C(F)(F)F)c1. The first-order chi connectivity index (χ1) is 15.8. The van der Waals surface area contributed by atoms with E-state index in [0.717, 1.165) is 29.7 Å². The van der Waals surface area contributed by atoms with E-state index in [1.54, 1.807) is 4.90 Å². The Balaban J connectivity index is 2.03. The molecule has 0 bridgehead atoms. The summed E-state index contributed by atoms with van der Waals surface area (Å²) in [6, 6.07) is 6.90. The van der Waals surface area contributed by atoms with Crippen LogP contribution in [-0.4, -0.2) is 31.4 Å². The molecular weight excluding hydrogens is 508 g/mol. The van der Waals surface area contributed by atoms with Gasteiger partial charge in [-0.25, -0.2) is 0 Å². The zero-order valence-corrected chi connectivity index (χ0v) is 19.2. The molecule has 1 N–H and O–H groups in total. The third kappa shape index (κ3) is 5.41. The minimum absolute atomic E-state index is 0.0637. The van der Waals surface area contributed by atoms with Crippen LogP contribution in [0.5, 0.6) is 0 Å². The van der Waals surface area contributed by atoms with Gasteiger partial charge in [0, 0.05) is 24.2 Å². The average molecular weight is 526 g/mol. The molecule has 2 aromatic carbocycles. The summed E-state index contributed by atoms with van der Waals surface area (Å²) in [4.78, 5) is 1.78. The first-order valence-corrected chi connectivity index (χ1v) is 11.9. The van der Waals surface area contributed by atoms with E-state index in [-0.39, 0.29) is 21.6 Å². The standard InChI is InChI=1S/C19H17F6N5O2S2/c1-3-30(4-2)12-6-8-14(15(10-12)29-34(31,32)19(23,24)25)26-27-17-13-7-5-11(18(20,21)22)9-16(13)33-28-17/h5-10,29H,3-4H2,1-2H3. The Kier molecular flexibility index (Phi) is 7.07. The van der Waals surface area contributed by atoms with Crippen LogP contribution in [0.15, 0.2) is 46.6 Å². The molecular formula is C19H17F6N5O2S2. The summed E-state index contributed by atoms with van der Waals surface area (Å²) in [6.45, 7) is 4.64. The fourth-order valence-electron chi connectivity index (χ4n) is 2.95. The number of halogens is 6. The maximum Gasteiger partial charge on any atom is 0.516 e. The van der Waals surface area contributed by atoms with E-state index in [1.165, 1.54) is 22.9 Å². The van der Waals surface area contributed by atoms with Gasteiger partial charge in [-0.1, -0.05) is 0 Å². The van der Waals surface area contributed by atoms with Gasteiger partial charge < -0.3 is 4.90 Å². The third-order valence-electron chi connectivity index (χ3n) is 4.69. The van der Waals surface area contributed by atoms with Gasteiger partial charge in [-0.15, -0.1) is 10.2 Å². The van der Waals surface area contributed by atoms with E-state index in [4.69, 9.17) is 0 Å². The predicted octanol–water partition coefficient (Wildman–Crippen LogP) is 6.84. The van der Waals surface area contributed by atoms with Gasteiger partial charge in [0.15, 0.2) is 5.82 Å². The summed E-state index contributed by atoms with van der Waals surface area (Å²) in [6.07, 6.45) is -4.54. The lowest BCUT2D eigenvalue weighted by atomic mass is 10.2. The maximum absolute atomic E-state index is 12.9. The molecule has 15 heteroatoms. The molecule has 34 heavy (non-hydrogen) atoms. The highest BCUT2D eigenvalue weighted by Crippen LogP contribution is 2.38. The summed E-state index contributed by atoms with van der Waals surface area (Å²) in [5.74, 6) is -0.0637. The van der Waals surface area contributed by atoms with Crippen LogP contribution in [0.4, 0.5) is 49.2 Å². The first kappa shape index (κ1) is 25.7. The number of aromatic nitrogens is 1. The van der Waals surface area contributed by atoms with E-state index >= 15 is 0 Å². The van der Waals surface area contributed by atoms with Crippen LogP contribution in [0, 0.1) is 0 Å². The molecule has 0 unspecified atom stereocenters. The van der Waals surface area contributed by atoms with E-state index in [9.17, 15) is 34.8 Å². The van der Waals surface area contributed by atoms with Crippen molar-refractivity contribution in [3.63, 3.8) is 0 Å². The number of hydrogen-bond acceptors (Lipinski definition) is 7. The fourth-order valence-corrected chi connectivity index (χ4v) is 4.28. The molecule has 0 saturated carbocycles. The highest BCUT2D eigenvalue weighted by atomic mass is 32.2. The number of benzene rings is 2. The van der Waals surface area contributed by atoms with Crippen molar-refractivity contribution in [2.75, 3.05) is 22.7 Å². The van der Waals surface area contributed by atoms with E-state index in [0.29, 0.717) is 18.8 Å². The fraction of sp³-hybridized carbons (Fsp3) is 0.316. The molecule has 0 aliphatic carbocycles. The summed E-state index contributed by atoms with van der Waals surface area (Å²) in [7, 11) is -5.75. The van der Waals surface area contributed by atoms with Crippen molar-refractivity contribution in [1.29, 1.82) is 0 Å². The van der Waals surface area contributed by atoms with Crippen LogP contribution >= 0.6 is 11.5 Å². The molecule has 0 aliphatic rings. The smallest absolute Gasteiger partial charge is 0.372 e. The number of alkyl halides is 6. The molecule has 1 heterocycles. The van der Waals surface area contributed by atoms with Crippen LogP contribution in [0.3, 0.4) is 0 Å². The van der Waals surface area contributed by atoms with Gasteiger partial charge in [-0.3, -0.25) is 4.72 Å². The van der Waals surface area contributed by atoms with Gasteiger partial charge in [0.2, 0.25) is 0 Å². The minimum atomic E-state index is -5.75. The largest absolute Gasteiger partial charge is 0.516 e. The Labute approximate surface area is 194 Å². The molecule has 0 spiro atoms. The maximum atomic E-state index is 12.9. The molecule has 0 atom stereocenters. The molecule has 0 fully saturated rings. The second kappa shape index (κ2) is 9.37. The molecule has 3 rings (SSSR count). The Morgan fingerprint density at radius 3 is 2.26 bits per heavy atom. The summed E-state index contributed by atoms with van der Waals surface area (Å²) in [5.41, 5.74) is -6.69. The van der Waals surface area contributed by atoms with Crippen molar-refractivity contribution < 1.29 is 34.8 Å². The van der Waals surface area contributed by atoms with Gasteiger partial charge in [0.1, 0.15) is 5.69 Å². The second-order valence-electron chi connectivity index (χ2n) is 6.84. The van der Waals surface area contributed by atoms with Crippen molar-refractivity contribution in [1.82, 2.24) is 4.37 Å². The van der Waals surface area contributed by atoms with Crippen molar-refractivity contribution in [3.05, 3.63) is 42.0 Å². The van der Waals surface area contributed by atoms with Crippen LogP contribution in [-0.2, 0) is 16.2 Å². The van der Waals surface area contributed by atoms with E-state index < -0.39 is 33.0 Å². The molecule has 184 valence electrons. The molecule has 7 nitrogen and oxygen atoms in total. The van der Waals surface area contributed by atoms with Crippen molar-refractivity contribution >= 4 is 54.5 Å². The zero-order chi connectivity index (χ0) is 25.3. The highest BCUT2D eigenvalue weighted by molar-refractivity contribution is 7.93. The van der Waals surface area contributed by atoms with Gasteiger partial charge in [-0.2, -0.15) is 39.1 Å². The molecule has 0 aliphatic heterocycles. The number of anilines is 2. The number of rotatable bonds is 7. The van der Waals surface area contributed by atoms with Gasteiger partial charge in [-0.05, 0) is 61.8 Å². The van der Waals surface area contributed by atoms with Crippen molar-refractivity contribution in [2.45, 2.75) is 25.5 Å². The molecule has 0 radical (unpaired) electrons. The van der Waals surface area contributed by atoms with Crippen LogP contribution in [0.25, 0.3) is 10.1 Å². The van der Waals surface area contributed by atoms with Crippen LogP contribution in [0.1, 0.15) is 19.4 Å². The van der Waals surface area contributed by atoms with E-state index in [1.807, 2.05) is 13.8 Å². The Morgan fingerprint density at radius 1 is 1.00 bits per heavy atom. The summed E-state index contributed by atoms with van der Waals surface area (Å²) < 4.78 is 106. The minimum Gasteiger partial charge on any atom is -0.372 e. The van der Waals surface area contributed by atoms with Crippen LogP contribution in [0.2, 0.25) is 0 Å². The third-order valence-corrected chi connectivity index (χ3v) is 6.59. The second-order valence-corrected chi connectivity index (χ2v) is 9.32. The zero-order valence-electron chi connectivity index (χ0n) is 17.6. The number of fused-ring (bicyclic) bond motifs is 1. The number of nitrogens with one attached hydrogen (secondary N) is 1. The highest BCUT2D eigenvalue weighted by Gasteiger charge is 2.46. The Hall–Kier alpha value is -2.94. The van der Waals surface area contributed by atoms with Gasteiger partial charge >= 0.3 is 21.7 Å². The van der Waals surface area contributed by atoms with Crippen molar-refractivity contribution in [2.24, 2.45) is 10.2 Å². The number of azo groups is 1. The number of sulfonamides is 1. The monoisotopic (exact) mass is 525 g/mol. The lowest BCUT2D eigenvalue weighted by Gasteiger charge is -2.22. The predicted molar refractivity (Wildman–Crippen MR) is 117 cm³/mol. The molecule has 1 aromatic heterocycles. The summed E-state index contributed by atoms with van der Waals surface area (Å²) >= 11 is 0.739. The normalized spacial score (nSPS) is 13.1. The van der Waals surface area contributed by atoms with Gasteiger partial charge in [0.25, 0.3) is 0 Å². The van der Waals surface area contributed by atoms with Crippen molar-refractivity contribution in [3.8, 4) is 0 Å². The summed E-state index contributed by atoms with van der Waals surface area (Å²) in [5, 5.41) is 7.91.